The molecule has 0 aliphatic carbocycles. The van der Waals surface area contributed by atoms with Crippen LogP contribution in [0.2, 0.25) is 0 Å². The van der Waals surface area contributed by atoms with Crippen molar-refractivity contribution in [1.82, 2.24) is 0 Å². The van der Waals surface area contributed by atoms with Gasteiger partial charge < -0.3 is 72.6 Å². The first-order valence-electron chi connectivity index (χ1n) is 14.1. The first-order valence-corrected chi connectivity index (χ1v) is 14.1. The van der Waals surface area contributed by atoms with Gasteiger partial charge in [0, 0.05) is 10.8 Å². The first-order chi connectivity index (χ1) is 21.9. The Morgan fingerprint density at radius 2 is 1.17 bits per heavy atom. The number of rotatable bonds is 8. The van der Waals surface area contributed by atoms with Crippen LogP contribution >= 0.6 is 0 Å². The molecule has 0 spiro atoms. The molecule has 2 aromatic heterocycles. The molecule has 0 amide bonds. The maximum atomic E-state index is 13.3. The molecule has 6 rings (SSSR count). The number of methoxy groups -OCH3 is 3. The maximum Gasteiger partial charge on any atom is 0.344 e. The van der Waals surface area contributed by atoms with Crippen LogP contribution in [0.4, 0.5) is 0 Å². The molecule has 2 aliphatic rings. The number of hydrogen-bond donors (Lipinski definition) is 6. The summed E-state index contributed by atoms with van der Waals surface area (Å²) in [6, 6.07) is 2.59. The van der Waals surface area contributed by atoms with E-state index in [1.54, 1.807) is 0 Å². The first kappa shape index (κ1) is 32.2. The molecule has 0 radical (unpaired) electrons. The molecule has 250 valence electrons. The zero-order valence-electron chi connectivity index (χ0n) is 24.8. The molecule has 10 atom stereocenters. The number of hydrogen-bond acceptors (Lipinski definition) is 17. The summed E-state index contributed by atoms with van der Waals surface area (Å²) in [5.74, 6) is -0.267. The van der Waals surface area contributed by atoms with E-state index in [1.165, 1.54) is 40.4 Å². The number of aliphatic hydroxyl groups excluding tert-OH is 6. The predicted octanol–water partition coefficient (Wildman–Crippen LogP) is -1.45. The monoisotopic (exact) mass is 652 g/mol. The largest absolute Gasteiger partial charge is 0.493 e. The van der Waals surface area contributed by atoms with E-state index in [2.05, 4.69) is 0 Å². The fourth-order valence-electron chi connectivity index (χ4n) is 5.78. The fourth-order valence-corrected chi connectivity index (χ4v) is 5.78. The Morgan fingerprint density at radius 3 is 1.74 bits per heavy atom. The lowest BCUT2D eigenvalue weighted by molar-refractivity contribution is -0.318. The van der Waals surface area contributed by atoms with Crippen molar-refractivity contribution in [2.75, 3.05) is 27.9 Å². The Hall–Kier alpha value is -3.78. The van der Waals surface area contributed by atoms with E-state index in [0.29, 0.717) is 0 Å². The maximum absolute atomic E-state index is 13.3. The van der Waals surface area contributed by atoms with Gasteiger partial charge in [0.2, 0.25) is 17.8 Å². The van der Waals surface area contributed by atoms with Crippen LogP contribution in [0.15, 0.2) is 30.6 Å². The smallest absolute Gasteiger partial charge is 0.344 e. The van der Waals surface area contributed by atoms with Crippen LogP contribution in [-0.4, -0.2) is 120 Å². The van der Waals surface area contributed by atoms with Gasteiger partial charge in [0.25, 0.3) is 0 Å². The van der Waals surface area contributed by atoms with Gasteiger partial charge in [0.1, 0.15) is 42.7 Å². The number of benzene rings is 2. The molecule has 46 heavy (non-hydrogen) atoms. The van der Waals surface area contributed by atoms with Crippen LogP contribution in [0.3, 0.4) is 0 Å². The van der Waals surface area contributed by atoms with Gasteiger partial charge in [-0.15, -0.1) is 0 Å². The summed E-state index contributed by atoms with van der Waals surface area (Å²) in [7, 11) is 3.92. The molecule has 0 unspecified atom stereocenters. The summed E-state index contributed by atoms with van der Waals surface area (Å²) in [5.41, 5.74) is -2.00. The van der Waals surface area contributed by atoms with Gasteiger partial charge in [0.05, 0.1) is 44.8 Å². The Morgan fingerprint density at radius 1 is 0.652 bits per heavy atom. The van der Waals surface area contributed by atoms with E-state index < -0.39 is 79.3 Å². The zero-order valence-corrected chi connectivity index (χ0v) is 24.8. The van der Waals surface area contributed by atoms with E-state index in [-0.39, 0.29) is 55.7 Å². The lowest BCUT2D eigenvalue weighted by Crippen LogP contribution is -2.61. The summed E-state index contributed by atoms with van der Waals surface area (Å²) < 4.78 is 49.8. The third-order valence-electron chi connectivity index (χ3n) is 8.26. The molecular formula is C29H32O17. The minimum absolute atomic E-state index is 0.0269. The molecule has 0 saturated carbocycles. The molecule has 0 bridgehead atoms. The SMILES string of the molecule is COc1cc2c(=O)oc3c(OC)c(O[C@H]4O[C@@H](CO[C@H]5O[C@H](C)[C@@H](O)[C@H](O)[C@@H]5O)[C@H](O)[C@@H](O)[C@@H]4O)cc4c(=O)oc(c1OC)c2c34. The van der Waals surface area contributed by atoms with E-state index in [4.69, 9.17) is 42.0 Å². The van der Waals surface area contributed by atoms with Gasteiger partial charge in [-0.2, -0.15) is 0 Å². The highest BCUT2D eigenvalue weighted by molar-refractivity contribution is 6.22. The molecule has 2 fully saturated rings. The van der Waals surface area contributed by atoms with Gasteiger partial charge in [0.15, 0.2) is 29.0 Å². The normalized spacial score (nSPS) is 31.9. The topological polar surface area (TPSA) is 246 Å². The highest BCUT2D eigenvalue weighted by atomic mass is 16.7. The second-order valence-corrected chi connectivity index (χ2v) is 10.9. The molecule has 6 N–H and O–H groups in total. The van der Waals surface area contributed by atoms with Crippen molar-refractivity contribution in [3.05, 3.63) is 33.0 Å². The van der Waals surface area contributed by atoms with E-state index in [9.17, 15) is 40.2 Å². The van der Waals surface area contributed by atoms with Gasteiger partial charge >= 0.3 is 11.3 Å². The second kappa shape index (κ2) is 12.1. The minimum atomic E-state index is -1.85. The second-order valence-electron chi connectivity index (χ2n) is 10.9. The van der Waals surface area contributed by atoms with Crippen molar-refractivity contribution in [3.63, 3.8) is 0 Å². The number of aliphatic hydroxyl groups is 6. The summed E-state index contributed by atoms with van der Waals surface area (Å²) in [6.45, 7) is 0.911. The van der Waals surface area contributed by atoms with E-state index >= 15 is 0 Å². The lowest BCUT2D eigenvalue weighted by atomic mass is 9.98. The highest BCUT2D eigenvalue weighted by Crippen LogP contribution is 2.46. The van der Waals surface area contributed by atoms with Crippen LogP contribution < -0.4 is 30.2 Å². The van der Waals surface area contributed by atoms with Crippen LogP contribution in [0.25, 0.3) is 32.7 Å². The third kappa shape index (κ3) is 5.00. The quantitative estimate of drug-likeness (QED) is 0.0941. The van der Waals surface area contributed by atoms with Crippen molar-refractivity contribution in [2.45, 2.75) is 68.3 Å². The van der Waals surface area contributed by atoms with Crippen LogP contribution in [-0.2, 0) is 14.2 Å². The molecule has 2 aromatic carbocycles. The minimum Gasteiger partial charge on any atom is -0.493 e. The van der Waals surface area contributed by atoms with Crippen molar-refractivity contribution < 1.29 is 72.6 Å². The highest BCUT2D eigenvalue weighted by Gasteiger charge is 2.47. The Bertz CT molecular complexity index is 1850. The molecule has 2 aliphatic heterocycles. The van der Waals surface area contributed by atoms with Crippen LogP contribution in [0.1, 0.15) is 6.92 Å². The van der Waals surface area contributed by atoms with E-state index in [1.807, 2.05) is 0 Å². The van der Waals surface area contributed by atoms with Crippen molar-refractivity contribution in [1.29, 1.82) is 0 Å². The molecule has 17 nitrogen and oxygen atoms in total. The van der Waals surface area contributed by atoms with Gasteiger partial charge in [-0.25, -0.2) is 9.59 Å². The van der Waals surface area contributed by atoms with Gasteiger partial charge in [-0.05, 0) is 19.1 Å². The van der Waals surface area contributed by atoms with Gasteiger partial charge in [-0.3, -0.25) is 0 Å². The van der Waals surface area contributed by atoms with E-state index in [0.717, 1.165) is 0 Å². The Balaban J connectivity index is 1.37. The standard InChI is InChI=1S/C29H32O17/c1-8-16(30)18(32)20(34)28(42-8)41-7-13-17(31)19(33)21(35)29(44-13)43-12-6-10-15-14-9(26(36)46-25(15)23(12)40-4)5-11(38-2)22(39-3)24(14)45-27(10)37/h5-6,8,13,16-21,28-35H,7H2,1-4H3/t8-,13+,16-,17+,18+,19-,20+,21+,28+,29+/m1/s1. The van der Waals surface area contributed by atoms with Crippen LogP contribution in [0, 0.1) is 0 Å². The van der Waals surface area contributed by atoms with Crippen molar-refractivity contribution >= 4 is 32.7 Å². The van der Waals surface area contributed by atoms with Crippen molar-refractivity contribution in [3.8, 4) is 23.0 Å². The summed E-state index contributed by atoms with van der Waals surface area (Å²) in [5, 5.41) is 62.4. The summed E-state index contributed by atoms with van der Waals surface area (Å²) in [4.78, 5) is 26.4. The molecule has 17 heteroatoms. The lowest BCUT2D eigenvalue weighted by Gasteiger charge is -2.42. The average Bonchev–Trinajstić information content (AvgIpc) is 3.04. The Kier molecular flexibility index (Phi) is 8.47. The average molecular weight is 653 g/mol. The number of ether oxygens (including phenoxy) is 7. The molecule has 4 aromatic rings. The molecule has 2 saturated heterocycles. The Labute approximate surface area is 257 Å². The predicted molar refractivity (Wildman–Crippen MR) is 152 cm³/mol. The summed E-state index contributed by atoms with van der Waals surface area (Å²) >= 11 is 0. The molecular weight excluding hydrogens is 620 g/mol. The van der Waals surface area contributed by atoms with Gasteiger partial charge in [-0.1, -0.05) is 0 Å². The molecule has 4 heterocycles. The van der Waals surface area contributed by atoms with Crippen LogP contribution in [0.5, 0.6) is 23.0 Å². The summed E-state index contributed by atoms with van der Waals surface area (Å²) in [6.07, 6.45) is -15.5. The third-order valence-corrected chi connectivity index (χ3v) is 8.26. The van der Waals surface area contributed by atoms with Crippen molar-refractivity contribution in [2.24, 2.45) is 0 Å². The zero-order chi connectivity index (χ0) is 33.2. The fraction of sp³-hybridized carbons (Fsp3) is 0.517.